The molecule has 246 valence electrons. The van der Waals surface area contributed by atoms with E-state index in [1.807, 2.05) is 30.3 Å². The number of carbonyl (C=O) groups excluding carboxylic acids is 3. The minimum absolute atomic E-state index is 0.0116. The molecular formula is C35H41N7O5. The Morgan fingerprint density at radius 2 is 1.85 bits per heavy atom. The first-order valence-corrected chi connectivity index (χ1v) is 16.1. The number of hydrogen-bond acceptors (Lipinski definition) is 9. The normalized spacial score (nSPS) is 13.9. The molecule has 0 aliphatic carbocycles. The third-order valence-corrected chi connectivity index (χ3v) is 7.97. The number of rotatable bonds is 13. The van der Waals surface area contributed by atoms with Crippen LogP contribution < -0.4 is 15.5 Å². The molecule has 1 unspecified atom stereocenters. The second-order valence-electron chi connectivity index (χ2n) is 11.3. The predicted molar refractivity (Wildman–Crippen MR) is 179 cm³/mol. The van der Waals surface area contributed by atoms with Crippen molar-refractivity contribution < 1.29 is 23.9 Å². The highest BCUT2D eigenvalue weighted by molar-refractivity contribution is 6.07. The molecule has 0 radical (unpaired) electrons. The van der Waals surface area contributed by atoms with E-state index in [0.29, 0.717) is 35.5 Å². The summed E-state index contributed by atoms with van der Waals surface area (Å²) >= 11 is 0. The molecule has 0 fully saturated rings. The van der Waals surface area contributed by atoms with Gasteiger partial charge in [-0.1, -0.05) is 50.1 Å². The number of ether oxygens (including phenoxy) is 2. The number of amidine groups is 1. The molecule has 1 aliphatic heterocycles. The molecule has 0 saturated carbocycles. The summed E-state index contributed by atoms with van der Waals surface area (Å²) in [7, 11) is 0. The number of anilines is 1. The van der Waals surface area contributed by atoms with Crippen molar-refractivity contribution in [3.8, 4) is 0 Å². The summed E-state index contributed by atoms with van der Waals surface area (Å²) in [5, 5.41) is 14.3. The molecule has 3 heterocycles. The molecule has 3 N–H and O–H groups in total. The summed E-state index contributed by atoms with van der Waals surface area (Å²) in [4.78, 5) is 48.7. The number of esters is 1. The van der Waals surface area contributed by atoms with Crippen LogP contribution in [0.15, 0.2) is 66.9 Å². The number of unbranched alkanes of at least 4 members (excludes halogenated alkanes) is 2. The highest BCUT2D eigenvalue weighted by atomic mass is 16.5. The fourth-order valence-electron chi connectivity index (χ4n) is 5.58. The van der Waals surface area contributed by atoms with Crippen LogP contribution in [-0.2, 0) is 27.2 Å². The number of nitrogens with zero attached hydrogens (tertiary/aromatic N) is 4. The van der Waals surface area contributed by atoms with Gasteiger partial charge in [0.2, 0.25) is 0 Å². The third kappa shape index (κ3) is 8.39. The van der Waals surface area contributed by atoms with Gasteiger partial charge in [-0.15, -0.1) is 0 Å². The van der Waals surface area contributed by atoms with E-state index in [1.54, 1.807) is 43.5 Å². The number of pyridine rings is 1. The van der Waals surface area contributed by atoms with Crippen LogP contribution in [0.2, 0.25) is 0 Å². The van der Waals surface area contributed by atoms with Gasteiger partial charge >= 0.3 is 12.1 Å². The molecule has 2 aromatic heterocycles. The van der Waals surface area contributed by atoms with E-state index in [1.165, 1.54) is 4.90 Å². The van der Waals surface area contributed by atoms with Gasteiger partial charge in [0, 0.05) is 37.0 Å². The summed E-state index contributed by atoms with van der Waals surface area (Å²) in [6, 6.07) is 18.3. The number of aromatic nitrogens is 3. The highest BCUT2D eigenvalue weighted by Gasteiger charge is 2.26. The summed E-state index contributed by atoms with van der Waals surface area (Å²) in [5.74, 6) is 0.668. The zero-order valence-corrected chi connectivity index (χ0v) is 26.8. The van der Waals surface area contributed by atoms with Crippen molar-refractivity contribution in [1.82, 2.24) is 25.2 Å². The second kappa shape index (κ2) is 15.9. The van der Waals surface area contributed by atoms with Crippen molar-refractivity contribution in [1.29, 1.82) is 5.41 Å². The van der Waals surface area contributed by atoms with Crippen LogP contribution in [0.4, 0.5) is 10.6 Å². The minimum atomic E-state index is -0.619. The number of nitrogens with one attached hydrogen (secondary N) is 3. The highest BCUT2D eigenvalue weighted by Crippen LogP contribution is 2.28. The van der Waals surface area contributed by atoms with Crippen molar-refractivity contribution in [3.05, 3.63) is 89.4 Å². The Morgan fingerprint density at radius 3 is 2.60 bits per heavy atom. The zero-order valence-electron chi connectivity index (χ0n) is 26.8. The topological polar surface area (TPSA) is 152 Å². The molecule has 47 heavy (non-hydrogen) atoms. The Labute approximate surface area is 274 Å². The Bertz CT molecular complexity index is 1700. The lowest BCUT2D eigenvalue weighted by Gasteiger charge is -2.25. The largest absolute Gasteiger partial charge is 0.466 e. The Morgan fingerprint density at radius 1 is 1.04 bits per heavy atom. The average Bonchev–Trinajstić information content (AvgIpc) is 3.46. The van der Waals surface area contributed by atoms with Gasteiger partial charge in [0.25, 0.3) is 5.91 Å². The number of carbonyl (C=O) groups is 3. The van der Waals surface area contributed by atoms with Crippen LogP contribution in [0.5, 0.6) is 0 Å². The quantitative estimate of drug-likeness (QED) is 0.0786. The van der Waals surface area contributed by atoms with E-state index < -0.39 is 6.09 Å². The number of benzene rings is 2. The second-order valence-corrected chi connectivity index (χ2v) is 11.3. The Balaban J connectivity index is 1.28. The van der Waals surface area contributed by atoms with Gasteiger partial charge < -0.3 is 19.4 Å². The predicted octanol–water partition coefficient (Wildman–Crippen LogP) is 5.16. The first-order valence-electron chi connectivity index (χ1n) is 16.1. The van der Waals surface area contributed by atoms with Crippen LogP contribution >= 0.6 is 0 Å². The van der Waals surface area contributed by atoms with Crippen LogP contribution in [0.25, 0.3) is 11.0 Å². The molecule has 1 atom stereocenters. The van der Waals surface area contributed by atoms with Gasteiger partial charge in [0.15, 0.2) is 0 Å². The maximum Gasteiger partial charge on any atom is 0.412 e. The molecule has 1 aliphatic rings. The van der Waals surface area contributed by atoms with Gasteiger partial charge in [0.05, 0.1) is 36.7 Å². The van der Waals surface area contributed by atoms with E-state index in [-0.39, 0.29) is 43.3 Å². The van der Waals surface area contributed by atoms with Crippen molar-refractivity contribution in [3.63, 3.8) is 0 Å². The van der Waals surface area contributed by atoms with E-state index in [9.17, 15) is 14.4 Å². The lowest BCUT2D eigenvalue weighted by molar-refractivity contribution is -0.142. The van der Waals surface area contributed by atoms with Crippen LogP contribution in [0.1, 0.15) is 72.9 Å². The number of hydrogen-bond donors (Lipinski definition) is 3. The Kier molecular flexibility index (Phi) is 11.3. The SMILES string of the molecule is CCCCCOC(=O)NC(=N)c1ccc(CC2NCCn3c2nc2cc(C(=O)N(CCC(=O)OCC)c4ccccn4)ccc23)cc1. The number of alkyl carbamates (subject to hydrolysis) is 1. The molecule has 4 aromatic rings. The van der Waals surface area contributed by atoms with Gasteiger partial charge in [-0.25, -0.2) is 14.8 Å². The summed E-state index contributed by atoms with van der Waals surface area (Å²) in [5.41, 5.74) is 3.73. The molecule has 0 saturated heterocycles. The maximum atomic E-state index is 13.8. The summed E-state index contributed by atoms with van der Waals surface area (Å²) < 4.78 is 12.4. The first-order chi connectivity index (χ1) is 22.9. The monoisotopic (exact) mass is 639 g/mol. The molecule has 2 amide bonds. The van der Waals surface area contributed by atoms with Crippen LogP contribution in [0.3, 0.4) is 0 Å². The Hall–Kier alpha value is -5.10. The number of amides is 2. The van der Waals surface area contributed by atoms with Gasteiger partial charge in [-0.3, -0.25) is 25.2 Å². The number of imidazole rings is 1. The molecular weight excluding hydrogens is 598 g/mol. The smallest absolute Gasteiger partial charge is 0.412 e. The van der Waals surface area contributed by atoms with E-state index >= 15 is 0 Å². The van der Waals surface area contributed by atoms with Gasteiger partial charge in [-0.2, -0.15) is 0 Å². The van der Waals surface area contributed by atoms with Gasteiger partial charge in [-0.05, 0) is 55.7 Å². The molecule has 2 aromatic carbocycles. The fourth-order valence-corrected chi connectivity index (χ4v) is 5.58. The average molecular weight is 640 g/mol. The first kappa shape index (κ1) is 33.3. The minimum Gasteiger partial charge on any atom is -0.466 e. The van der Waals surface area contributed by atoms with Crippen molar-refractivity contribution >= 4 is 40.7 Å². The van der Waals surface area contributed by atoms with Crippen molar-refractivity contribution in [2.45, 2.75) is 58.5 Å². The lowest BCUT2D eigenvalue weighted by atomic mass is 10.0. The summed E-state index contributed by atoms with van der Waals surface area (Å²) in [6.45, 7) is 6.08. The van der Waals surface area contributed by atoms with Crippen molar-refractivity contribution in [2.75, 3.05) is 31.2 Å². The molecule has 12 nitrogen and oxygen atoms in total. The zero-order chi connectivity index (χ0) is 33.2. The lowest BCUT2D eigenvalue weighted by Crippen LogP contribution is -2.35. The van der Waals surface area contributed by atoms with Crippen LogP contribution in [0, 0.1) is 5.41 Å². The molecule has 0 spiro atoms. The molecule has 12 heteroatoms. The molecule has 0 bridgehead atoms. The van der Waals surface area contributed by atoms with Crippen molar-refractivity contribution in [2.24, 2.45) is 0 Å². The standard InChI is InChI=1S/C35H41N7O5/c1-3-5-8-21-47-35(45)40-32(36)25-12-10-24(11-13-25)22-28-33-39-27-23-26(14-15-29(27)41(33)20-18-37-28)34(44)42(19-16-31(43)46-4-2)30-9-6-7-17-38-30/h6-7,9-15,17,23,28,37H,3-5,8,16,18-22H2,1-2H3,(H2,36,40,45). The van der Waals surface area contributed by atoms with E-state index in [4.69, 9.17) is 19.9 Å². The fraction of sp³-hybridized carbons (Fsp3) is 0.371. The third-order valence-electron chi connectivity index (χ3n) is 7.97. The van der Waals surface area contributed by atoms with Crippen LogP contribution in [-0.4, -0.2) is 64.6 Å². The van der Waals surface area contributed by atoms with E-state index in [2.05, 4.69) is 27.1 Å². The molecule has 5 rings (SSSR count). The summed E-state index contributed by atoms with van der Waals surface area (Å²) in [6.07, 6.45) is 4.54. The van der Waals surface area contributed by atoms with Gasteiger partial charge in [0.1, 0.15) is 17.5 Å². The number of fused-ring (bicyclic) bond motifs is 3. The van der Waals surface area contributed by atoms with E-state index in [0.717, 1.165) is 49.3 Å². The maximum absolute atomic E-state index is 13.8.